The van der Waals surface area contributed by atoms with Gasteiger partial charge in [0.05, 0.1) is 0 Å². The molecule has 0 amide bonds. The van der Waals surface area contributed by atoms with Crippen molar-refractivity contribution in [3.63, 3.8) is 0 Å². The number of piperazine rings is 1. The number of hydrogen-bond acceptors (Lipinski definition) is 3. The fraction of sp³-hybridized carbons (Fsp3) is 1.00. The Bertz CT molecular complexity index is 280. The minimum absolute atomic E-state index is 0.322. The predicted octanol–water partition coefficient (Wildman–Crippen LogP) is 3.21. The molecule has 0 aliphatic carbocycles. The molecule has 126 valence electrons. The maximum atomic E-state index is 3.74. The second-order valence-corrected chi connectivity index (χ2v) is 8.66. The molecule has 1 saturated heterocycles. The number of hydrogen-bond donors (Lipinski definition) is 1. The average molecular weight is 298 g/mol. The van der Waals surface area contributed by atoms with Crippen molar-refractivity contribution in [3.8, 4) is 0 Å². The van der Waals surface area contributed by atoms with Crippen molar-refractivity contribution in [1.29, 1.82) is 0 Å². The summed E-state index contributed by atoms with van der Waals surface area (Å²) in [6.45, 7) is 23.6. The summed E-state index contributed by atoms with van der Waals surface area (Å²) in [6.07, 6.45) is 2.48. The van der Waals surface area contributed by atoms with Crippen LogP contribution < -0.4 is 5.32 Å². The van der Waals surface area contributed by atoms with Crippen LogP contribution in [0.1, 0.15) is 61.3 Å². The standard InChI is InChI=1S/C18H39N3/c1-8-10-19-16(17(2,3)4)9-11-20-12-14-21(15-13-20)18(5,6)7/h16,19H,8-15H2,1-7H3. The molecule has 0 saturated carbocycles. The van der Waals surface area contributed by atoms with E-state index in [0.29, 0.717) is 17.0 Å². The Balaban J connectivity index is 2.37. The summed E-state index contributed by atoms with van der Waals surface area (Å²) in [7, 11) is 0. The molecule has 0 spiro atoms. The zero-order valence-electron chi connectivity index (χ0n) is 15.6. The first-order valence-electron chi connectivity index (χ1n) is 8.85. The summed E-state index contributed by atoms with van der Waals surface area (Å²) in [6, 6.07) is 0.623. The highest BCUT2D eigenvalue weighted by molar-refractivity contribution is 4.85. The van der Waals surface area contributed by atoms with E-state index in [9.17, 15) is 0 Å². The monoisotopic (exact) mass is 297 g/mol. The molecular formula is C18H39N3. The van der Waals surface area contributed by atoms with Crippen molar-refractivity contribution in [2.75, 3.05) is 39.3 Å². The van der Waals surface area contributed by atoms with E-state index in [1.807, 2.05) is 0 Å². The van der Waals surface area contributed by atoms with Crippen molar-refractivity contribution < 1.29 is 0 Å². The summed E-state index contributed by atoms with van der Waals surface area (Å²) in [5, 5.41) is 3.74. The molecule has 1 heterocycles. The van der Waals surface area contributed by atoms with E-state index >= 15 is 0 Å². The molecule has 0 aromatic carbocycles. The second kappa shape index (κ2) is 7.94. The van der Waals surface area contributed by atoms with Crippen LogP contribution in [0.2, 0.25) is 0 Å². The molecule has 21 heavy (non-hydrogen) atoms. The Morgan fingerprint density at radius 1 is 0.952 bits per heavy atom. The summed E-state index contributed by atoms with van der Waals surface area (Å²) < 4.78 is 0. The zero-order valence-corrected chi connectivity index (χ0v) is 15.6. The zero-order chi connectivity index (χ0) is 16.1. The molecule has 0 aromatic rings. The lowest BCUT2D eigenvalue weighted by Crippen LogP contribution is -2.54. The van der Waals surface area contributed by atoms with Gasteiger partial charge in [0.25, 0.3) is 0 Å². The van der Waals surface area contributed by atoms with Crippen LogP contribution in [0.3, 0.4) is 0 Å². The van der Waals surface area contributed by atoms with Gasteiger partial charge in [-0.3, -0.25) is 4.90 Å². The largest absolute Gasteiger partial charge is 0.313 e. The highest BCUT2D eigenvalue weighted by atomic mass is 15.3. The molecule has 1 N–H and O–H groups in total. The maximum absolute atomic E-state index is 3.74. The first-order chi connectivity index (χ1) is 9.64. The van der Waals surface area contributed by atoms with E-state index < -0.39 is 0 Å². The second-order valence-electron chi connectivity index (χ2n) is 8.66. The lowest BCUT2D eigenvalue weighted by Gasteiger charge is -2.43. The smallest absolute Gasteiger partial charge is 0.0128 e. The van der Waals surface area contributed by atoms with E-state index in [2.05, 4.69) is 63.6 Å². The average Bonchev–Trinajstić information content (AvgIpc) is 2.36. The Labute approximate surface area is 133 Å². The molecule has 1 aliphatic rings. The van der Waals surface area contributed by atoms with Crippen LogP contribution >= 0.6 is 0 Å². The molecular weight excluding hydrogens is 258 g/mol. The van der Waals surface area contributed by atoms with Gasteiger partial charge in [0.1, 0.15) is 0 Å². The van der Waals surface area contributed by atoms with E-state index in [0.717, 1.165) is 6.54 Å². The van der Waals surface area contributed by atoms with E-state index in [-0.39, 0.29) is 0 Å². The SMILES string of the molecule is CCCNC(CCN1CCN(C(C)(C)C)CC1)C(C)(C)C. The van der Waals surface area contributed by atoms with Crippen LogP contribution in [-0.2, 0) is 0 Å². The van der Waals surface area contributed by atoms with Gasteiger partial charge in [-0.2, -0.15) is 0 Å². The van der Waals surface area contributed by atoms with Gasteiger partial charge >= 0.3 is 0 Å². The van der Waals surface area contributed by atoms with Crippen LogP contribution in [0.4, 0.5) is 0 Å². The number of nitrogens with zero attached hydrogens (tertiary/aromatic N) is 2. The van der Waals surface area contributed by atoms with E-state index in [1.165, 1.54) is 45.6 Å². The fourth-order valence-corrected chi connectivity index (χ4v) is 3.11. The molecule has 1 rings (SSSR count). The van der Waals surface area contributed by atoms with Crippen molar-refractivity contribution in [3.05, 3.63) is 0 Å². The summed E-state index contributed by atoms with van der Waals surface area (Å²) in [5.41, 5.74) is 0.672. The molecule has 3 nitrogen and oxygen atoms in total. The summed E-state index contributed by atoms with van der Waals surface area (Å²) in [4.78, 5) is 5.26. The van der Waals surface area contributed by atoms with Crippen LogP contribution in [0, 0.1) is 5.41 Å². The Morgan fingerprint density at radius 2 is 1.52 bits per heavy atom. The van der Waals surface area contributed by atoms with Crippen LogP contribution in [0.15, 0.2) is 0 Å². The molecule has 1 atom stereocenters. The van der Waals surface area contributed by atoms with Gasteiger partial charge in [0.2, 0.25) is 0 Å². The van der Waals surface area contributed by atoms with Crippen molar-refractivity contribution in [2.45, 2.75) is 72.9 Å². The third-order valence-corrected chi connectivity index (χ3v) is 4.74. The molecule has 0 radical (unpaired) electrons. The number of nitrogens with one attached hydrogen (secondary N) is 1. The van der Waals surface area contributed by atoms with Crippen molar-refractivity contribution >= 4 is 0 Å². The Morgan fingerprint density at radius 3 is 1.95 bits per heavy atom. The van der Waals surface area contributed by atoms with Gasteiger partial charge in [-0.25, -0.2) is 0 Å². The quantitative estimate of drug-likeness (QED) is 0.812. The van der Waals surface area contributed by atoms with Crippen molar-refractivity contribution in [1.82, 2.24) is 15.1 Å². The minimum Gasteiger partial charge on any atom is -0.313 e. The van der Waals surface area contributed by atoms with E-state index in [1.54, 1.807) is 0 Å². The van der Waals surface area contributed by atoms with Gasteiger partial charge in [-0.05, 0) is 52.1 Å². The van der Waals surface area contributed by atoms with Crippen LogP contribution in [-0.4, -0.2) is 60.6 Å². The lowest BCUT2D eigenvalue weighted by atomic mass is 9.84. The molecule has 1 aliphatic heterocycles. The Hall–Kier alpha value is -0.120. The topological polar surface area (TPSA) is 18.5 Å². The van der Waals surface area contributed by atoms with E-state index in [4.69, 9.17) is 0 Å². The normalized spacial score (nSPS) is 20.7. The molecule has 3 heteroatoms. The van der Waals surface area contributed by atoms with Gasteiger partial charge in [0, 0.05) is 37.8 Å². The molecule has 1 fully saturated rings. The minimum atomic E-state index is 0.322. The third-order valence-electron chi connectivity index (χ3n) is 4.74. The van der Waals surface area contributed by atoms with Crippen molar-refractivity contribution in [2.24, 2.45) is 5.41 Å². The highest BCUT2D eigenvalue weighted by Gasteiger charge is 2.28. The van der Waals surface area contributed by atoms with Crippen LogP contribution in [0.25, 0.3) is 0 Å². The van der Waals surface area contributed by atoms with Gasteiger partial charge in [-0.1, -0.05) is 27.7 Å². The molecule has 0 aromatic heterocycles. The van der Waals surface area contributed by atoms with Crippen LogP contribution in [0.5, 0.6) is 0 Å². The van der Waals surface area contributed by atoms with Gasteiger partial charge in [0.15, 0.2) is 0 Å². The molecule has 0 bridgehead atoms. The summed E-state index contributed by atoms with van der Waals surface area (Å²) in [5.74, 6) is 0. The summed E-state index contributed by atoms with van der Waals surface area (Å²) >= 11 is 0. The first-order valence-corrected chi connectivity index (χ1v) is 8.85. The fourth-order valence-electron chi connectivity index (χ4n) is 3.11. The number of rotatable bonds is 6. The molecule has 1 unspecified atom stereocenters. The lowest BCUT2D eigenvalue weighted by molar-refractivity contribution is 0.0583. The van der Waals surface area contributed by atoms with Gasteiger partial charge in [-0.15, -0.1) is 0 Å². The maximum Gasteiger partial charge on any atom is 0.0128 e. The Kier molecular flexibility index (Phi) is 7.15. The van der Waals surface area contributed by atoms with Gasteiger partial charge < -0.3 is 10.2 Å². The first kappa shape index (κ1) is 18.9. The highest BCUT2D eigenvalue weighted by Crippen LogP contribution is 2.23. The third kappa shape index (κ3) is 6.66. The predicted molar refractivity (Wildman–Crippen MR) is 93.9 cm³/mol.